The van der Waals surface area contributed by atoms with E-state index in [1.54, 1.807) is 12.1 Å². The topological polar surface area (TPSA) is 26.0 Å². The minimum atomic E-state index is 0.748. The summed E-state index contributed by atoms with van der Waals surface area (Å²) < 4.78 is 0.748. The standard InChI is InChI=1S/C4H4ClNS/c5-3-1-2-4(6)7-3/h1-2H,6H2. The zero-order valence-corrected chi connectivity index (χ0v) is 5.09. The van der Waals surface area contributed by atoms with Crippen LogP contribution in [0.15, 0.2) is 12.1 Å². The molecule has 0 spiro atoms. The lowest BCUT2D eigenvalue weighted by atomic mass is 10.6. The first kappa shape index (κ1) is 4.94. The molecule has 0 aliphatic carbocycles. The van der Waals surface area contributed by atoms with E-state index in [-0.39, 0.29) is 0 Å². The van der Waals surface area contributed by atoms with Gasteiger partial charge in [0.2, 0.25) is 0 Å². The lowest BCUT2D eigenvalue weighted by Crippen LogP contribution is -1.72. The van der Waals surface area contributed by atoms with E-state index in [0.29, 0.717) is 0 Å². The number of thiophene rings is 1. The summed E-state index contributed by atoms with van der Waals surface area (Å²) in [4.78, 5) is 0. The van der Waals surface area contributed by atoms with Gasteiger partial charge in [0.1, 0.15) is 0 Å². The van der Waals surface area contributed by atoms with Crippen molar-refractivity contribution in [2.45, 2.75) is 0 Å². The average Bonchev–Trinajstić information content (AvgIpc) is 1.87. The summed E-state index contributed by atoms with van der Waals surface area (Å²) in [5, 5.41) is 0.769. The van der Waals surface area contributed by atoms with Crippen LogP contribution < -0.4 is 5.73 Å². The molecule has 38 valence electrons. The van der Waals surface area contributed by atoms with Crippen LogP contribution in [0.5, 0.6) is 0 Å². The first-order valence-corrected chi connectivity index (χ1v) is 2.99. The zero-order valence-electron chi connectivity index (χ0n) is 3.52. The molecule has 3 heteroatoms. The Bertz CT molecular complexity index is 144. The first-order valence-electron chi connectivity index (χ1n) is 1.80. The third-order valence-corrected chi connectivity index (χ3v) is 1.65. The van der Waals surface area contributed by atoms with E-state index < -0.39 is 0 Å². The van der Waals surface area contributed by atoms with Crippen molar-refractivity contribution in [1.82, 2.24) is 0 Å². The fraction of sp³-hybridized carbons (Fsp3) is 0. The fourth-order valence-corrected chi connectivity index (χ4v) is 1.16. The molecule has 1 aromatic rings. The highest BCUT2D eigenvalue weighted by atomic mass is 35.5. The Morgan fingerprint density at radius 2 is 2.29 bits per heavy atom. The molecule has 0 saturated heterocycles. The van der Waals surface area contributed by atoms with Gasteiger partial charge in [-0.1, -0.05) is 11.6 Å². The number of halogens is 1. The molecule has 0 unspecified atom stereocenters. The molecule has 0 fully saturated rings. The summed E-state index contributed by atoms with van der Waals surface area (Å²) in [7, 11) is 0. The van der Waals surface area contributed by atoms with E-state index in [1.165, 1.54) is 11.3 Å². The molecule has 0 aromatic carbocycles. The maximum Gasteiger partial charge on any atom is 0.0950 e. The summed E-state index contributed by atoms with van der Waals surface area (Å²) in [5.41, 5.74) is 5.31. The van der Waals surface area contributed by atoms with Crippen LogP contribution in [0, 0.1) is 0 Å². The molecule has 0 atom stereocenters. The summed E-state index contributed by atoms with van der Waals surface area (Å²) in [5.74, 6) is 0. The van der Waals surface area contributed by atoms with Crippen LogP contribution in [-0.4, -0.2) is 0 Å². The lowest BCUT2D eigenvalue weighted by Gasteiger charge is -1.71. The molecule has 0 radical (unpaired) electrons. The second-order valence-electron chi connectivity index (χ2n) is 1.14. The van der Waals surface area contributed by atoms with Crippen molar-refractivity contribution in [2.24, 2.45) is 0 Å². The van der Waals surface area contributed by atoms with Crippen LogP contribution in [-0.2, 0) is 0 Å². The number of anilines is 1. The van der Waals surface area contributed by atoms with Gasteiger partial charge in [0.25, 0.3) is 0 Å². The SMILES string of the molecule is Nc1ccc(Cl)s1. The highest BCUT2D eigenvalue weighted by Gasteiger charge is 1.87. The highest BCUT2D eigenvalue weighted by Crippen LogP contribution is 2.22. The van der Waals surface area contributed by atoms with Crippen LogP contribution in [0.1, 0.15) is 0 Å². The highest BCUT2D eigenvalue weighted by molar-refractivity contribution is 7.19. The number of nitrogens with two attached hydrogens (primary N) is 1. The minimum absolute atomic E-state index is 0.748. The van der Waals surface area contributed by atoms with Crippen molar-refractivity contribution in [3.05, 3.63) is 16.5 Å². The predicted octanol–water partition coefficient (Wildman–Crippen LogP) is 1.98. The monoisotopic (exact) mass is 133 g/mol. The fourth-order valence-electron chi connectivity index (χ4n) is 0.328. The molecule has 0 amide bonds. The van der Waals surface area contributed by atoms with Crippen LogP contribution in [0.25, 0.3) is 0 Å². The van der Waals surface area contributed by atoms with Crippen LogP contribution in [0.4, 0.5) is 5.00 Å². The van der Waals surface area contributed by atoms with Gasteiger partial charge in [-0.25, -0.2) is 0 Å². The van der Waals surface area contributed by atoms with Crippen LogP contribution >= 0.6 is 22.9 Å². The van der Waals surface area contributed by atoms with Crippen molar-refractivity contribution < 1.29 is 0 Å². The average molecular weight is 134 g/mol. The van der Waals surface area contributed by atoms with Crippen molar-refractivity contribution >= 4 is 27.9 Å². The first-order chi connectivity index (χ1) is 3.29. The summed E-state index contributed by atoms with van der Waals surface area (Å²) in [6.45, 7) is 0. The van der Waals surface area contributed by atoms with Gasteiger partial charge >= 0.3 is 0 Å². The second-order valence-corrected chi connectivity index (χ2v) is 2.89. The number of rotatable bonds is 0. The third-order valence-electron chi connectivity index (χ3n) is 0.594. The van der Waals surface area contributed by atoms with Crippen LogP contribution in [0.2, 0.25) is 4.34 Å². The van der Waals surface area contributed by atoms with Gasteiger partial charge in [0.15, 0.2) is 0 Å². The number of nitrogen functional groups attached to an aromatic ring is 1. The lowest BCUT2D eigenvalue weighted by molar-refractivity contribution is 1.94. The van der Waals surface area contributed by atoms with Gasteiger partial charge in [0.05, 0.1) is 9.34 Å². The van der Waals surface area contributed by atoms with Crippen molar-refractivity contribution in [2.75, 3.05) is 5.73 Å². The number of hydrogen-bond donors (Lipinski definition) is 1. The van der Waals surface area contributed by atoms with Crippen molar-refractivity contribution in [3.8, 4) is 0 Å². The van der Waals surface area contributed by atoms with Gasteiger partial charge in [-0.2, -0.15) is 0 Å². The van der Waals surface area contributed by atoms with Crippen molar-refractivity contribution in [1.29, 1.82) is 0 Å². The molecule has 1 heterocycles. The van der Waals surface area contributed by atoms with E-state index in [2.05, 4.69) is 0 Å². The number of hydrogen-bond acceptors (Lipinski definition) is 2. The summed E-state index contributed by atoms with van der Waals surface area (Å²) in [6.07, 6.45) is 0. The van der Waals surface area contributed by atoms with Crippen molar-refractivity contribution in [3.63, 3.8) is 0 Å². The molecule has 0 saturated carbocycles. The largest absolute Gasteiger partial charge is 0.391 e. The Morgan fingerprint density at radius 3 is 2.43 bits per heavy atom. The molecule has 1 rings (SSSR count). The van der Waals surface area contributed by atoms with Gasteiger partial charge in [-0.3, -0.25) is 0 Å². The third kappa shape index (κ3) is 1.08. The maximum absolute atomic E-state index is 5.50. The van der Waals surface area contributed by atoms with E-state index in [9.17, 15) is 0 Å². The Labute approximate surface area is 50.7 Å². The second kappa shape index (κ2) is 1.72. The Kier molecular flexibility index (Phi) is 1.21. The molecule has 2 N–H and O–H groups in total. The van der Waals surface area contributed by atoms with Gasteiger partial charge in [-0.15, -0.1) is 11.3 Å². The predicted molar refractivity (Wildman–Crippen MR) is 33.7 cm³/mol. The Balaban J connectivity index is 3.04. The van der Waals surface area contributed by atoms with E-state index >= 15 is 0 Å². The summed E-state index contributed by atoms with van der Waals surface area (Å²) in [6, 6.07) is 3.56. The zero-order chi connectivity index (χ0) is 5.28. The Hall–Kier alpha value is -0.210. The van der Waals surface area contributed by atoms with E-state index in [4.69, 9.17) is 17.3 Å². The summed E-state index contributed by atoms with van der Waals surface area (Å²) >= 11 is 6.88. The maximum atomic E-state index is 5.50. The molecule has 7 heavy (non-hydrogen) atoms. The quantitative estimate of drug-likeness (QED) is 0.576. The van der Waals surface area contributed by atoms with E-state index in [0.717, 1.165) is 9.34 Å². The molecule has 1 aromatic heterocycles. The minimum Gasteiger partial charge on any atom is -0.391 e. The molecule has 0 aliphatic rings. The van der Waals surface area contributed by atoms with Gasteiger partial charge in [-0.05, 0) is 12.1 Å². The molecule has 0 bridgehead atoms. The Morgan fingerprint density at radius 1 is 1.57 bits per heavy atom. The molecular formula is C4H4ClNS. The molecular weight excluding hydrogens is 130 g/mol. The van der Waals surface area contributed by atoms with E-state index in [1.807, 2.05) is 0 Å². The molecule has 0 aliphatic heterocycles. The van der Waals surface area contributed by atoms with Gasteiger partial charge < -0.3 is 5.73 Å². The smallest absolute Gasteiger partial charge is 0.0950 e. The van der Waals surface area contributed by atoms with Gasteiger partial charge in [0, 0.05) is 0 Å². The van der Waals surface area contributed by atoms with Crippen LogP contribution in [0.3, 0.4) is 0 Å². The molecule has 1 nitrogen and oxygen atoms in total. The normalized spacial score (nSPS) is 9.29.